The Morgan fingerprint density at radius 3 is 2.55 bits per heavy atom. The molecule has 0 bridgehead atoms. The van der Waals surface area contributed by atoms with Crippen LogP contribution in [0.5, 0.6) is 0 Å². The molecule has 2 unspecified atom stereocenters. The number of carbonyl (C=O) groups is 2. The van der Waals surface area contributed by atoms with Gasteiger partial charge in [0.15, 0.2) is 0 Å². The van der Waals surface area contributed by atoms with Gasteiger partial charge in [-0.15, -0.1) is 0 Å². The lowest BCUT2D eigenvalue weighted by Gasteiger charge is -2.16. The summed E-state index contributed by atoms with van der Waals surface area (Å²) in [5.41, 5.74) is 3.12. The second-order valence-corrected chi connectivity index (χ2v) is 5.71. The first-order valence-electron chi connectivity index (χ1n) is 6.88. The molecule has 2 amide bonds. The molecule has 2 fully saturated rings. The van der Waals surface area contributed by atoms with Gasteiger partial charge in [-0.25, -0.2) is 10.8 Å². The molecule has 1 aromatic rings. The van der Waals surface area contributed by atoms with E-state index in [0.29, 0.717) is 17.4 Å². The Morgan fingerprint density at radius 1 is 1.30 bits per heavy atom. The van der Waals surface area contributed by atoms with Crippen LogP contribution in [0.4, 0.5) is 5.82 Å². The highest BCUT2D eigenvalue weighted by molar-refractivity contribution is 6.05. The molecule has 1 aliphatic heterocycles. The third kappa shape index (κ3) is 2.06. The summed E-state index contributed by atoms with van der Waals surface area (Å²) in [5, 5.41) is 0. The van der Waals surface area contributed by atoms with Gasteiger partial charge >= 0.3 is 0 Å². The number of nitrogens with one attached hydrogen (secondary N) is 1. The molecule has 0 radical (unpaired) electrons. The Bertz CT molecular complexity index is 536. The van der Waals surface area contributed by atoms with Crippen LogP contribution in [0.1, 0.15) is 25.5 Å². The molecule has 6 heteroatoms. The Balaban J connectivity index is 1.78. The molecule has 1 aliphatic carbocycles. The average molecular weight is 274 g/mol. The number of nitrogens with zero attached hydrogens (tertiary/aromatic N) is 2. The van der Waals surface area contributed by atoms with Crippen LogP contribution in [0, 0.1) is 17.8 Å². The topological polar surface area (TPSA) is 88.3 Å². The monoisotopic (exact) mass is 274 g/mol. The van der Waals surface area contributed by atoms with Gasteiger partial charge in [-0.2, -0.15) is 0 Å². The van der Waals surface area contributed by atoms with E-state index in [1.165, 1.54) is 4.90 Å². The van der Waals surface area contributed by atoms with Crippen LogP contribution < -0.4 is 11.3 Å². The van der Waals surface area contributed by atoms with E-state index in [9.17, 15) is 9.59 Å². The highest BCUT2D eigenvalue weighted by atomic mass is 16.2. The third-order valence-electron chi connectivity index (χ3n) is 4.24. The second-order valence-electron chi connectivity index (χ2n) is 5.71. The summed E-state index contributed by atoms with van der Waals surface area (Å²) in [6.45, 7) is 2.33. The Morgan fingerprint density at radius 2 is 1.95 bits per heavy atom. The van der Waals surface area contributed by atoms with Crippen molar-refractivity contribution >= 4 is 17.6 Å². The van der Waals surface area contributed by atoms with Gasteiger partial charge < -0.3 is 5.43 Å². The minimum Gasteiger partial charge on any atom is -0.308 e. The van der Waals surface area contributed by atoms with Crippen LogP contribution >= 0.6 is 0 Å². The smallest absolute Gasteiger partial charge is 0.233 e. The minimum atomic E-state index is -0.117. The van der Waals surface area contributed by atoms with Crippen molar-refractivity contribution in [1.29, 1.82) is 0 Å². The number of pyridine rings is 1. The zero-order valence-electron chi connectivity index (χ0n) is 11.4. The SMILES string of the molecule is CC1CC2C(=O)N(Cc3cccc(NN)n3)C(=O)C2C1. The van der Waals surface area contributed by atoms with Crippen LogP contribution in [-0.2, 0) is 16.1 Å². The average Bonchev–Trinajstić information content (AvgIpc) is 2.93. The lowest BCUT2D eigenvalue weighted by atomic mass is 10.00. The first kappa shape index (κ1) is 13.1. The van der Waals surface area contributed by atoms with Crippen molar-refractivity contribution in [2.75, 3.05) is 5.43 Å². The Kier molecular flexibility index (Phi) is 3.17. The third-order valence-corrected chi connectivity index (χ3v) is 4.24. The van der Waals surface area contributed by atoms with Crippen LogP contribution in [-0.4, -0.2) is 21.7 Å². The number of aromatic nitrogens is 1. The van der Waals surface area contributed by atoms with Gasteiger partial charge in [-0.1, -0.05) is 13.0 Å². The standard InChI is InChI=1S/C14H18N4O2/c1-8-5-10-11(6-8)14(20)18(13(10)19)7-9-3-2-4-12(16-9)17-15/h2-4,8,10-11H,5-7,15H2,1H3,(H,16,17). The Hall–Kier alpha value is -1.95. The number of imide groups is 1. The number of nitrogens with two attached hydrogens (primary N) is 1. The highest BCUT2D eigenvalue weighted by Crippen LogP contribution is 2.43. The summed E-state index contributed by atoms with van der Waals surface area (Å²) in [7, 11) is 0. The van der Waals surface area contributed by atoms with E-state index < -0.39 is 0 Å². The van der Waals surface area contributed by atoms with Crippen LogP contribution in [0.2, 0.25) is 0 Å². The largest absolute Gasteiger partial charge is 0.308 e. The number of nitrogen functional groups attached to an aromatic ring is 1. The molecular weight excluding hydrogens is 256 g/mol. The number of hydrogen-bond acceptors (Lipinski definition) is 5. The molecule has 3 N–H and O–H groups in total. The van der Waals surface area contributed by atoms with Crippen molar-refractivity contribution in [3.8, 4) is 0 Å². The van der Waals surface area contributed by atoms with Crippen molar-refractivity contribution in [3.05, 3.63) is 23.9 Å². The van der Waals surface area contributed by atoms with Gasteiger partial charge in [0.25, 0.3) is 0 Å². The second kappa shape index (κ2) is 4.86. The summed E-state index contributed by atoms with van der Waals surface area (Å²) >= 11 is 0. The number of rotatable bonds is 3. The molecule has 3 rings (SSSR count). The van der Waals surface area contributed by atoms with Gasteiger partial charge in [0.05, 0.1) is 24.1 Å². The summed E-state index contributed by atoms with van der Waals surface area (Å²) in [4.78, 5) is 30.3. The summed E-state index contributed by atoms with van der Waals surface area (Å²) in [6.07, 6.45) is 1.65. The fourth-order valence-electron chi connectivity index (χ4n) is 3.31. The maximum atomic E-state index is 12.3. The van der Waals surface area contributed by atoms with Gasteiger partial charge in [0.2, 0.25) is 11.8 Å². The Labute approximate surface area is 117 Å². The van der Waals surface area contributed by atoms with Crippen LogP contribution in [0.15, 0.2) is 18.2 Å². The lowest BCUT2D eigenvalue weighted by molar-refractivity contribution is -0.141. The van der Waals surface area contributed by atoms with Gasteiger partial charge in [0, 0.05) is 0 Å². The molecule has 2 heterocycles. The number of likely N-dealkylation sites (tertiary alicyclic amines) is 1. The number of anilines is 1. The van der Waals surface area contributed by atoms with Gasteiger partial charge in [-0.3, -0.25) is 14.5 Å². The molecule has 6 nitrogen and oxygen atoms in total. The van der Waals surface area contributed by atoms with Crippen molar-refractivity contribution < 1.29 is 9.59 Å². The summed E-state index contributed by atoms with van der Waals surface area (Å²) < 4.78 is 0. The first-order chi connectivity index (χ1) is 9.60. The maximum Gasteiger partial charge on any atom is 0.233 e. The predicted molar refractivity (Wildman–Crippen MR) is 73.0 cm³/mol. The van der Waals surface area contributed by atoms with Crippen LogP contribution in [0.25, 0.3) is 0 Å². The molecule has 1 saturated heterocycles. The molecule has 20 heavy (non-hydrogen) atoms. The van der Waals surface area contributed by atoms with Crippen LogP contribution in [0.3, 0.4) is 0 Å². The normalized spacial score (nSPS) is 28.9. The van der Waals surface area contributed by atoms with E-state index in [4.69, 9.17) is 5.84 Å². The predicted octanol–water partition coefficient (Wildman–Crippen LogP) is 0.898. The van der Waals surface area contributed by atoms with Gasteiger partial charge in [0.1, 0.15) is 5.82 Å². The van der Waals surface area contributed by atoms with E-state index in [0.717, 1.165) is 12.8 Å². The molecular formula is C14H18N4O2. The molecule has 1 aromatic heterocycles. The van der Waals surface area contributed by atoms with Crippen molar-refractivity contribution in [2.24, 2.45) is 23.6 Å². The number of hydrazine groups is 1. The fourth-order valence-corrected chi connectivity index (χ4v) is 3.31. The molecule has 2 atom stereocenters. The first-order valence-corrected chi connectivity index (χ1v) is 6.88. The van der Waals surface area contributed by atoms with Crippen molar-refractivity contribution in [2.45, 2.75) is 26.3 Å². The van der Waals surface area contributed by atoms with Gasteiger partial charge in [-0.05, 0) is 30.9 Å². The summed E-state index contributed by atoms with van der Waals surface area (Å²) in [6, 6.07) is 5.32. The molecule has 1 saturated carbocycles. The minimum absolute atomic E-state index is 0.0442. The molecule has 0 spiro atoms. The van der Waals surface area contributed by atoms with E-state index in [1.54, 1.807) is 18.2 Å². The number of hydrogen-bond donors (Lipinski definition) is 2. The van der Waals surface area contributed by atoms with E-state index in [-0.39, 0.29) is 30.2 Å². The molecule has 2 aliphatic rings. The zero-order valence-corrected chi connectivity index (χ0v) is 11.4. The number of carbonyl (C=O) groups excluding carboxylic acids is 2. The number of fused-ring (bicyclic) bond motifs is 1. The molecule has 106 valence electrons. The van der Waals surface area contributed by atoms with Crippen molar-refractivity contribution in [3.63, 3.8) is 0 Å². The molecule has 0 aromatic carbocycles. The van der Waals surface area contributed by atoms with Crippen molar-refractivity contribution in [1.82, 2.24) is 9.88 Å². The zero-order chi connectivity index (χ0) is 14.3. The summed E-state index contributed by atoms with van der Waals surface area (Å²) in [5.74, 6) is 5.97. The quantitative estimate of drug-likeness (QED) is 0.485. The highest BCUT2D eigenvalue weighted by Gasteiger charge is 2.51. The van der Waals surface area contributed by atoms with E-state index >= 15 is 0 Å². The van der Waals surface area contributed by atoms with E-state index in [1.807, 2.05) is 0 Å². The number of amides is 2. The maximum absolute atomic E-state index is 12.3. The lowest BCUT2D eigenvalue weighted by Crippen LogP contribution is -2.32. The van der Waals surface area contributed by atoms with E-state index in [2.05, 4.69) is 17.3 Å². The fraction of sp³-hybridized carbons (Fsp3) is 0.500.